The summed E-state index contributed by atoms with van der Waals surface area (Å²) in [6.07, 6.45) is 1.36. The van der Waals surface area contributed by atoms with Crippen LogP contribution in [0, 0.1) is 12.7 Å². The lowest BCUT2D eigenvalue weighted by molar-refractivity contribution is 0.00578. The van der Waals surface area contributed by atoms with Crippen LogP contribution in [0.15, 0.2) is 60.7 Å². The zero-order valence-electron chi connectivity index (χ0n) is 22.4. The molecule has 0 saturated carbocycles. The van der Waals surface area contributed by atoms with Crippen molar-refractivity contribution in [3.05, 3.63) is 83.2 Å². The molecule has 1 heterocycles. The van der Waals surface area contributed by atoms with Crippen LogP contribution in [0.4, 0.5) is 4.39 Å². The van der Waals surface area contributed by atoms with Gasteiger partial charge in [-0.15, -0.1) is 0 Å². The number of hydrogen-bond donors (Lipinski definition) is 0. The number of ether oxygens (including phenoxy) is 2. The predicted molar refractivity (Wildman–Crippen MR) is 146 cm³/mol. The summed E-state index contributed by atoms with van der Waals surface area (Å²) in [5, 5.41) is 0. The zero-order valence-corrected chi connectivity index (χ0v) is 22.4. The third kappa shape index (κ3) is 5.47. The highest BCUT2D eigenvalue weighted by Crippen LogP contribution is 2.36. The maximum Gasteiger partial charge on any atom is 0.497 e. The first-order chi connectivity index (χ1) is 17.0. The third-order valence-corrected chi connectivity index (χ3v) is 7.50. The van der Waals surface area contributed by atoms with Crippen molar-refractivity contribution in [1.82, 2.24) is 0 Å². The second-order valence-electron chi connectivity index (χ2n) is 10.6. The van der Waals surface area contributed by atoms with E-state index >= 15 is 4.39 Å². The third-order valence-electron chi connectivity index (χ3n) is 7.50. The van der Waals surface area contributed by atoms with E-state index in [1.165, 1.54) is 0 Å². The van der Waals surface area contributed by atoms with Gasteiger partial charge in [-0.2, -0.15) is 0 Å². The van der Waals surface area contributed by atoms with E-state index in [-0.39, 0.29) is 12.5 Å². The van der Waals surface area contributed by atoms with Crippen LogP contribution in [-0.2, 0) is 21.9 Å². The molecule has 0 aromatic heterocycles. The molecule has 0 N–H and O–H groups in total. The van der Waals surface area contributed by atoms with Gasteiger partial charge in [0.15, 0.2) is 6.71 Å². The van der Waals surface area contributed by atoms with Crippen molar-refractivity contribution in [2.24, 2.45) is 0 Å². The van der Waals surface area contributed by atoms with Crippen molar-refractivity contribution in [3.63, 3.8) is 0 Å². The summed E-state index contributed by atoms with van der Waals surface area (Å²) in [7, 11) is 2.55. The minimum Gasteiger partial charge on any atom is -0.497 e. The van der Waals surface area contributed by atoms with Crippen molar-refractivity contribution in [3.8, 4) is 11.5 Å². The molecule has 0 bridgehead atoms. The Morgan fingerprint density at radius 1 is 0.778 bits per heavy atom. The summed E-state index contributed by atoms with van der Waals surface area (Å²) in [5.41, 5.74) is 3.26. The smallest absolute Gasteiger partial charge is 0.497 e. The Kier molecular flexibility index (Phi) is 7.53. The minimum atomic E-state index is -0.753. The quantitative estimate of drug-likeness (QED) is 0.431. The number of aryl methyl sites for hydroxylation is 1. The van der Waals surface area contributed by atoms with Crippen LogP contribution in [0.2, 0.25) is 0 Å². The van der Waals surface area contributed by atoms with E-state index in [9.17, 15) is 0 Å². The monoisotopic (exact) mass is 488 g/mol. The summed E-state index contributed by atoms with van der Waals surface area (Å²) < 4.78 is 39.4. The highest BCUT2D eigenvalue weighted by atomic mass is 19.1. The van der Waals surface area contributed by atoms with Crippen LogP contribution >= 0.6 is 0 Å². The van der Waals surface area contributed by atoms with Crippen LogP contribution in [0.3, 0.4) is 0 Å². The maximum absolute atomic E-state index is 16.3. The van der Waals surface area contributed by atoms with Gasteiger partial charge in [-0.1, -0.05) is 53.1 Å². The summed E-state index contributed by atoms with van der Waals surface area (Å²) in [4.78, 5) is 0. The van der Waals surface area contributed by atoms with Crippen LogP contribution in [0.1, 0.15) is 44.4 Å². The molecule has 4 nitrogen and oxygen atoms in total. The first-order valence-electron chi connectivity index (χ1n) is 12.4. The van der Waals surface area contributed by atoms with Crippen molar-refractivity contribution >= 4 is 24.8 Å². The number of benzene rings is 3. The molecular weight excluding hydrogens is 453 g/mol. The molecule has 36 heavy (non-hydrogen) atoms. The van der Waals surface area contributed by atoms with Gasteiger partial charge in [-0.3, -0.25) is 0 Å². The molecule has 1 aliphatic rings. The second-order valence-corrected chi connectivity index (χ2v) is 10.6. The van der Waals surface area contributed by atoms with Crippen LogP contribution in [-0.4, -0.2) is 39.3 Å². The van der Waals surface area contributed by atoms with Gasteiger partial charge in [0.2, 0.25) is 0 Å². The Labute approximate surface area is 215 Å². The molecule has 7 heteroatoms. The molecule has 188 valence electrons. The van der Waals surface area contributed by atoms with Gasteiger partial charge < -0.3 is 18.8 Å². The molecule has 1 saturated heterocycles. The van der Waals surface area contributed by atoms with Crippen molar-refractivity contribution in [2.75, 3.05) is 14.2 Å². The molecule has 1 fully saturated rings. The van der Waals surface area contributed by atoms with Gasteiger partial charge in [0.1, 0.15) is 17.3 Å². The number of methoxy groups -OCH3 is 2. The molecule has 0 aliphatic carbocycles. The van der Waals surface area contributed by atoms with Gasteiger partial charge in [-0.05, 0) is 77.0 Å². The highest BCUT2D eigenvalue weighted by molar-refractivity contribution is 6.73. The van der Waals surface area contributed by atoms with E-state index in [0.29, 0.717) is 23.6 Å². The average molecular weight is 488 g/mol. The van der Waals surface area contributed by atoms with E-state index in [0.717, 1.165) is 28.2 Å². The van der Waals surface area contributed by atoms with Gasteiger partial charge in [-0.25, -0.2) is 4.39 Å². The Morgan fingerprint density at radius 2 is 1.22 bits per heavy atom. The molecule has 4 rings (SSSR count). The molecule has 0 amide bonds. The Bertz CT molecular complexity index is 1130. The van der Waals surface area contributed by atoms with E-state index in [1.807, 2.05) is 95.3 Å². The SMILES string of the molecule is COc1ccc(CB(Cc2ccc(OC)cc2)c2cc(C)cc(B3OC(C)(C)C(C)(C)O3)c2F)cc1. The molecule has 1 aliphatic heterocycles. The van der Waals surface area contributed by atoms with Gasteiger partial charge in [0.05, 0.1) is 25.4 Å². The molecule has 3 aromatic carbocycles. The Morgan fingerprint density at radius 3 is 1.64 bits per heavy atom. The van der Waals surface area contributed by atoms with Crippen molar-refractivity contribution in [2.45, 2.75) is 58.5 Å². The number of rotatable bonds is 8. The first-order valence-corrected chi connectivity index (χ1v) is 12.4. The lowest BCUT2D eigenvalue weighted by atomic mass is 9.38. The fourth-order valence-electron chi connectivity index (χ4n) is 4.65. The second kappa shape index (κ2) is 10.3. The average Bonchev–Trinajstić information content (AvgIpc) is 3.07. The fraction of sp³-hybridized carbons (Fsp3) is 0.379. The fourth-order valence-corrected chi connectivity index (χ4v) is 4.65. The van der Waals surface area contributed by atoms with E-state index in [2.05, 4.69) is 0 Å². The molecule has 0 unspecified atom stereocenters. The van der Waals surface area contributed by atoms with Crippen LogP contribution < -0.4 is 20.4 Å². The standard InChI is InChI=1S/C29H35B2FO4/c1-20-16-25(27(32)26(17-20)31-35-28(2,3)29(4,5)36-31)30(18-21-8-12-23(33-6)13-9-21)19-22-10-14-24(34-7)15-11-22/h8-17H,18-19H2,1-7H3. The largest absolute Gasteiger partial charge is 0.497 e. The predicted octanol–water partition coefficient (Wildman–Crippen LogP) is 4.72. The normalized spacial score (nSPS) is 16.2. The summed E-state index contributed by atoms with van der Waals surface area (Å²) in [5.74, 6) is 1.34. The Balaban J connectivity index is 1.73. The highest BCUT2D eigenvalue weighted by Gasteiger charge is 2.52. The summed E-state index contributed by atoms with van der Waals surface area (Å²) in [6, 6.07) is 19.8. The van der Waals surface area contributed by atoms with Crippen molar-refractivity contribution in [1.29, 1.82) is 0 Å². The van der Waals surface area contributed by atoms with Crippen LogP contribution in [0.25, 0.3) is 0 Å². The van der Waals surface area contributed by atoms with Gasteiger partial charge in [0.25, 0.3) is 0 Å². The maximum atomic E-state index is 16.3. The lowest BCUT2D eigenvalue weighted by Crippen LogP contribution is -2.46. The molecular formula is C29H35B2FO4. The van der Waals surface area contributed by atoms with Gasteiger partial charge >= 0.3 is 7.12 Å². The van der Waals surface area contributed by atoms with Crippen molar-refractivity contribution < 1.29 is 23.2 Å². The van der Waals surface area contributed by atoms with Crippen LogP contribution in [0.5, 0.6) is 11.5 Å². The topological polar surface area (TPSA) is 36.9 Å². The molecule has 3 aromatic rings. The lowest BCUT2D eigenvalue weighted by Gasteiger charge is -2.32. The van der Waals surface area contributed by atoms with Gasteiger partial charge in [0, 0.05) is 5.46 Å². The molecule has 0 spiro atoms. The van der Waals surface area contributed by atoms with E-state index < -0.39 is 18.3 Å². The summed E-state index contributed by atoms with van der Waals surface area (Å²) >= 11 is 0. The Hall–Kier alpha value is -2.76. The van der Waals surface area contributed by atoms with E-state index in [4.69, 9.17) is 18.8 Å². The van der Waals surface area contributed by atoms with E-state index in [1.54, 1.807) is 14.2 Å². The number of hydrogen-bond acceptors (Lipinski definition) is 4. The minimum absolute atomic E-state index is 0.0899. The summed E-state index contributed by atoms with van der Waals surface area (Å²) in [6.45, 7) is 9.84. The zero-order chi connectivity index (χ0) is 26.1. The molecule has 0 atom stereocenters. The molecule has 0 radical (unpaired) electrons. The first kappa shape index (κ1) is 26.3. The number of halogens is 1.